The van der Waals surface area contributed by atoms with Gasteiger partial charge in [0.15, 0.2) is 0 Å². The van der Waals surface area contributed by atoms with E-state index in [-0.39, 0.29) is 17.2 Å². The lowest BCUT2D eigenvalue weighted by Crippen LogP contribution is -2.27. The summed E-state index contributed by atoms with van der Waals surface area (Å²) in [6, 6.07) is 18.9. The summed E-state index contributed by atoms with van der Waals surface area (Å²) in [6.45, 7) is 2.55. The van der Waals surface area contributed by atoms with Crippen LogP contribution in [0.3, 0.4) is 0 Å². The number of thioether (sulfide) groups is 1. The van der Waals surface area contributed by atoms with Gasteiger partial charge in [-0.3, -0.25) is 14.5 Å². The van der Waals surface area contributed by atoms with Crippen LogP contribution in [0.25, 0.3) is 0 Å². The Kier molecular flexibility index (Phi) is 5.87. The number of hydrogen-bond donors (Lipinski definition) is 1. The summed E-state index contributed by atoms with van der Waals surface area (Å²) in [6.07, 6.45) is 0. The van der Waals surface area contributed by atoms with E-state index in [9.17, 15) is 9.59 Å². The molecule has 1 atom stereocenters. The predicted octanol–water partition coefficient (Wildman–Crippen LogP) is 5.18. The number of thiophene rings is 1. The van der Waals surface area contributed by atoms with Crippen LogP contribution in [0.4, 0.5) is 11.4 Å². The molecular formula is C22H20N2O3S2. The molecule has 1 aliphatic rings. The maximum absolute atomic E-state index is 12.5. The number of ether oxygens (including phenoxy) is 1. The molecule has 1 fully saturated rings. The standard InChI is InChI=1S/C22H20N2O3S2/c1-2-27-18-11-9-17(10-12-18)24-20(25)14-29-22(24)15-5-7-16(8-6-15)23-21(26)19-4-3-13-28-19/h3-13,22H,2,14H2,1H3,(H,23,26). The minimum atomic E-state index is -0.116. The first kappa shape index (κ1) is 19.5. The van der Waals surface area contributed by atoms with Crippen LogP contribution in [0, 0.1) is 0 Å². The van der Waals surface area contributed by atoms with Crippen LogP contribution >= 0.6 is 23.1 Å². The smallest absolute Gasteiger partial charge is 0.265 e. The summed E-state index contributed by atoms with van der Waals surface area (Å²) in [4.78, 5) is 27.2. The molecule has 0 spiro atoms. The van der Waals surface area contributed by atoms with Crippen LogP contribution in [-0.2, 0) is 4.79 Å². The van der Waals surface area contributed by atoms with E-state index >= 15 is 0 Å². The van der Waals surface area contributed by atoms with Crippen molar-refractivity contribution in [3.63, 3.8) is 0 Å². The minimum Gasteiger partial charge on any atom is -0.494 e. The lowest BCUT2D eigenvalue weighted by molar-refractivity contribution is -0.115. The highest BCUT2D eigenvalue weighted by Gasteiger charge is 2.34. The fraction of sp³-hybridized carbons (Fsp3) is 0.182. The lowest BCUT2D eigenvalue weighted by Gasteiger charge is -2.24. The third kappa shape index (κ3) is 4.31. The second kappa shape index (κ2) is 8.71. The van der Waals surface area contributed by atoms with Crippen LogP contribution in [0.5, 0.6) is 5.75 Å². The molecule has 1 aromatic heterocycles. The average molecular weight is 425 g/mol. The summed E-state index contributed by atoms with van der Waals surface area (Å²) >= 11 is 3.01. The number of nitrogens with zero attached hydrogens (tertiary/aromatic N) is 1. The first-order valence-electron chi connectivity index (χ1n) is 9.27. The van der Waals surface area contributed by atoms with Crippen LogP contribution in [0.2, 0.25) is 0 Å². The molecule has 148 valence electrons. The van der Waals surface area contributed by atoms with E-state index < -0.39 is 0 Å². The van der Waals surface area contributed by atoms with Crippen molar-refractivity contribution >= 4 is 46.3 Å². The van der Waals surface area contributed by atoms with Gasteiger partial charge in [-0.05, 0) is 60.3 Å². The Morgan fingerprint density at radius 2 is 1.90 bits per heavy atom. The van der Waals surface area contributed by atoms with Crippen molar-refractivity contribution in [1.82, 2.24) is 0 Å². The van der Waals surface area contributed by atoms with Gasteiger partial charge in [-0.25, -0.2) is 0 Å². The summed E-state index contributed by atoms with van der Waals surface area (Å²) in [5.74, 6) is 1.20. The van der Waals surface area contributed by atoms with E-state index in [4.69, 9.17) is 4.74 Å². The lowest BCUT2D eigenvalue weighted by atomic mass is 10.1. The van der Waals surface area contributed by atoms with E-state index in [1.165, 1.54) is 11.3 Å². The summed E-state index contributed by atoms with van der Waals surface area (Å²) < 4.78 is 5.49. The van der Waals surface area contributed by atoms with E-state index in [1.807, 2.05) is 71.8 Å². The SMILES string of the molecule is CCOc1ccc(N2C(=O)CSC2c2ccc(NC(=O)c3cccs3)cc2)cc1. The molecule has 7 heteroatoms. The first-order valence-corrected chi connectivity index (χ1v) is 11.2. The van der Waals surface area contributed by atoms with E-state index in [0.717, 1.165) is 22.7 Å². The predicted molar refractivity (Wildman–Crippen MR) is 119 cm³/mol. The Hall–Kier alpha value is -2.77. The molecule has 0 radical (unpaired) electrons. The van der Waals surface area contributed by atoms with Crippen molar-refractivity contribution in [2.75, 3.05) is 22.6 Å². The quantitative estimate of drug-likeness (QED) is 0.592. The van der Waals surface area contributed by atoms with Gasteiger partial charge in [0.2, 0.25) is 5.91 Å². The molecule has 29 heavy (non-hydrogen) atoms. The number of anilines is 2. The molecule has 1 N–H and O–H groups in total. The minimum absolute atomic E-state index is 0.0826. The van der Waals surface area contributed by atoms with Gasteiger partial charge < -0.3 is 10.1 Å². The zero-order chi connectivity index (χ0) is 20.2. The normalized spacial score (nSPS) is 16.1. The summed E-state index contributed by atoms with van der Waals surface area (Å²) in [5.41, 5.74) is 2.60. The van der Waals surface area contributed by atoms with E-state index in [2.05, 4.69) is 5.32 Å². The third-order valence-electron chi connectivity index (χ3n) is 4.49. The Balaban J connectivity index is 1.50. The third-order valence-corrected chi connectivity index (χ3v) is 6.57. The van der Waals surface area contributed by atoms with Gasteiger partial charge in [0, 0.05) is 11.4 Å². The Bertz CT molecular complexity index is 986. The van der Waals surface area contributed by atoms with Crippen LogP contribution in [-0.4, -0.2) is 24.2 Å². The fourth-order valence-electron chi connectivity index (χ4n) is 3.15. The summed E-state index contributed by atoms with van der Waals surface area (Å²) in [7, 11) is 0. The maximum Gasteiger partial charge on any atom is 0.265 e. The van der Waals surface area contributed by atoms with Crippen molar-refractivity contribution in [1.29, 1.82) is 0 Å². The maximum atomic E-state index is 12.5. The zero-order valence-electron chi connectivity index (χ0n) is 15.8. The molecule has 0 saturated carbocycles. The number of carbonyl (C=O) groups is 2. The van der Waals surface area contributed by atoms with E-state index in [1.54, 1.807) is 17.8 Å². The monoisotopic (exact) mass is 424 g/mol. The highest BCUT2D eigenvalue weighted by molar-refractivity contribution is 8.00. The van der Waals surface area contributed by atoms with Crippen molar-refractivity contribution in [2.45, 2.75) is 12.3 Å². The Morgan fingerprint density at radius 1 is 1.14 bits per heavy atom. The van der Waals surface area contributed by atoms with Crippen molar-refractivity contribution < 1.29 is 14.3 Å². The van der Waals surface area contributed by atoms with Crippen molar-refractivity contribution in [3.8, 4) is 5.75 Å². The molecule has 1 unspecified atom stereocenters. The molecule has 0 bridgehead atoms. The number of benzene rings is 2. The molecule has 2 amide bonds. The molecule has 1 saturated heterocycles. The van der Waals surface area contributed by atoms with Crippen LogP contribution < -0.4 is 15.0 Å². The average Bonchev–Trinajstić information content (AvgIpc) is 3.40. The molecule has 2 heterocycles. The number of hydrogen-bond acceptors (Lipinski definition) is 5. The molecule has 5 nitrogen and oxygen atoms in total. The first-order chi connectivity index (χ1) is 14.2. The van der Waals surface area contributed by atoms with Gasteiger partial charge in [-0.2, -0.15) is 0 Å². The highest BCUT2D eigenvalue weighted by atomic mass is 32.2. The van der Waals surface area contributed by atoms with Gasteiger partial charge in [-0.1, -0.05) is 18.2 Å². The van der Waals surface area contributed by atoms with Gasteiger partial charge in [0.1, 0.15) is 11.1 Å². The van der Waals surface area contributed by atoms with Gasteiger partial charge in [0.25, 0.3) is 5.91 Å². The zero-order valence-corrected chi connectivity index (χ0v) is 17.5. The number of rotatable bonds is 6. The van der Waals surface area contributed by atoms with Crippen molar-refractivity contribution in [3.05, 3.63) is 76.5 Å². The van der Waals surface area contributed by atoms with Crippen LogP contribution in [0.1, 0.15) is 27.5 Å². The van der Waals surface area contributed by atoms with Gasteiger partial charge in [-0.15, -0.1) is 23.1 Å². The largest absolute Gasteiger partial charge is 0.494 e. The molecule has 0 aliphatic carbocycles. The van der Waals surface area contributed by atoms with E-state index in [0.29, 0.717) is 17.2 Å². The molecule has 3 aromatic rings. The Morgan fingerprint density at radius 3 is 2.55 bits per heavy atom. The second-order valence-electron chi connectivity index (χ2n) is 6.41. The molecule has 4 rings (SSSR count). The molecule has 2 aromatic carbocycles. The number of nitrogens with one attached hydrogen (secondary N) is 1. The fourth-order valence-corrected chi connectivity index (χ4v) is 4.95. The van der Waals surface area contributed by atoms with Gasteiger partial charge >= 0.3 is 0 Å². The topological polar surface area (TPSA) is 58.6 Å². The summed E-state index contributed by atoms with van der Waals surface area (Å²) in [5, 5.41) is 4.68. The highest BCUT2D eigenvalue weighted by Crippen LogP contribution is 2.42. The van der Waals surface area contributed by atoms with Crippen LogP contribution in [0.15, 0.2) is 66.0 Å². The van der Waals surface area contributed by atoms with Gasteiger partial charge in [0.05, 0.1) is 17.2 Å². The number of amides is 2. The number of carbonyl (C=O) groups excluding carboxylic acids is 2. The Labute approximate surface area is 177 Å². The molecular weight excluding hydrogens is 404 g/mol. The van der Waals surface area contributed by atoms with Crippen molar-refractivity contribution in [2.24, 2.45) is 0 Å². The second-order valence-corrected chi connectivity index (χ2v) is 8.42. The molecule has 1 aliphatic heterocycles.